The van der Waals surface area contributed by atoms with Crippen molar-refractivity contribution in [2.24, 2.45) is 0 Å². The Morgan fingerprint density at radius 1 is 0.816 bits per heavy atom. The van der Waals surface area contributed by atoms with Crippen molar-refractivity contribution in [1.29, 1.82) is 0 Å². The van der Waals surface area contributed by atoms with Crippen molar-refractivity contribution in [3.63, 3.8) is 0 Å². The predicted octanol–water partition coefficient (Wildman–Crippen LogP) is 7.58. The van der Waals surface area contributed by atoms with Gasteiger partial charge in [0.25, 0.3) is 0 Å². The van der Waals surface area contributed by atoms with Crippen LogP contribution in [0, 0.1) is 24.4 Å². The van der Waals surface area contributed by atoms with Gasteiger partial charge in [0.05, 0.1) is 11.1 Å². The summed E-state index contributed by atoms with van der Waals surface area (Å²) in [4.78, 5) is 23.8. The minimum absolute atomic E-state index is 0.155. The number of carboxylic acid groups (broad SMARTS) is 1. The highest BCUT2D eigenvalue weighted by atomic mass is 19.4. The Labute approximate surface area is 206 Å². The van der Waals surface area contributed by atoms with Gasteiger partial charge in [0, 0.05) is 11.3 Å². The van der Waals surface area contributed by atoms with Gasteiger partial charge >= 0.3 is 24.4 Å². The fourth-order valence-electron chi connectivity index (χ4n) is 3.11. The Bertz CT molecular complexity index is 1390. The van der Waals surface area contributed by atoms with E-state index in [4.69, 9.17) is 4.74 Å². The minimum Gasteiger partial charge on any atom is -0.478 e. The zero-order valence-electron chi connectivity index (χ0n) is 18.6. The number of nitrogens with one attached hydrogen (secondary N) is 2. The van der Waals surface area contributed by atoms with Crippen molar-refractivity contribution in [2.75, 3.05) is 10.6 Å². The van der Waals surface area contributed by atoms with Crippen LogP contribution in [0.25, 0.3) is 0 Å². The molecule has 0 saturated heterocycles. The molecule has 0 heterocycles. The number of urea groups is 1. The Morgan fingerprint density at radius 3 is 1.89 bits per heavy atom. The highest BCUT2D eigenvalue weighted by Crippen LogP contribution is 2.40. The molecule has 3 rings (SSSR count). The first-order chi connectivity index (χ1) is 17.5. The number of carbonyl (C=O) groups is 2. The van der Waals surface area contributed by atoms with Crippen molar-refractivity contribution >= 4 is 23.4 Å². The van der Waals surface area contributed by atoms with Crippen LogP contribution in [-0.4, -0.2) is 17.1 Å². The van der Waals surface area contributed by atoms with Gasteiger partial charge in [0.2, 0.25) is 5.82 Å². The van der Waals surface area contributed by atoms with Gasteiger partial charge in [0.1, 0.15) is 17.0 Å². The Morgan fingerprint density at radius 2 is 1.37 bits per heavy atom. The number of carbonyl (C=O) groups excluding carboxylic acids is 1. The molecular weight excluding hydrogens is 539 g/mol. The van der Waals surface area contributed by atoms with Crippen molar-refractivity contribution in [3.8, 4) is 11.5 Å². The first-order valence-electron chi connectivity index (χ1n) is 10.1. The summed E-state index contributed by atoms with van der Waals surface area (Å²) in [7, 11) is 0. The molecule has 0 aromatic heterocycles. The van der Waals surface area contributed by atoms with E-state index in [0.29, 0.717) is 0 Å². The second-order valence-electron chi connectivity index (χ2n) is 7.55. The molecule has 0 saturated carbocycles. The average Bonchev–Trinajstić information content (AvgIpc) is 2.82. The number of carboxylic acids is 1. The smallest absolute Gasteiger partial charge is 0.416 e. The number of anilines is 2. The van der Waals surface area contributed by atoms with Crippen LogP contribution in [0.1, 0.15) is 27.0 Å². The van der Waals surface area contributed by atoms with E-state index in [0.717, 1.165) is 19.1 Å². The van der Waals surface area contributed by atoms with E-state index in [9.17, 15) is 54.2 Å². The lowest BCUT2D eigenvalue weighted by atomic mass is 10.1. The van der Waals surface area contributed by atoms with Crippen LogP contribution < -0.4 is 15.4 Å². The van der Waals surface area contributed by atoms with E-state index in [-0.39, 0.29) is 18.2 Å². The van der Waals surface area contributed by atoms with Crippen LogP contribution >= 0.6 is 0 Å². The number of amides is 2. The fourth-order valence-corrected chi connectivity index (χ4v) is 3.11. The molecule has 3 N–H and O–H groups in total. The Kier molecular flexibility index (Phi) is 7.51. The van der Waals surface area contributed by atoms with Crippen LogP contribution in [-0.2, 0) is 12.4 Å². The predicted molar refractivity (Wildman–Crippen MR) is 114 cm³/mol. The first-order valence-corrected chi connectivity index (χ1v) is 10.1. The summed E-state index contributed by atoms with van der Waals surface area (Å²) in [5, 5.41) is 12.5. The maximum atomic E-state index is 14.9. The molecule has 15 heteroatoms. The van der Waals surface area contributed by atoms with Crippen molar-refractivity contribution < 1.29 is 58.9 Å². The Hall–Kier alpha value is -4.43. The molecule has 202 valence electrons. The molecule has 0 aliphatic rings. The molecule has 3 aromatic carbocycles. The highest BCUT2D eigenvalue weighted by molar-refractivity contribution is 6.01. The van der Waals surface area contributed by atoms with Crippen molar-refractivity contribution in [2.45, 2.75) is 19.3 Å². The fraction of sp³-hybridized carbons (Fsp3) is 0.130. The quantitative estimate of drug-likeness (QED) is 0.225. The third-order valence-electron chi connectivity index (χ3n) is 4.91. The van der Waals surface area contributed by atoms with Crippen LogP contribution in [0.3, 0.4) is 0 Å². The van der Waals surface area contributed by atoms with Gasteiger partial charge in [0.15, 0.2) is 17.4 Å². The number of benzene rings is 3. The number of ether oxygens (including phenoxy) is 1. The molecule has 0 spiro atoms. The van der Waals surface area contributed by atoms with Gasteiger partial charge in [-0.05, 0) is 37.3 Å². The average molecular weight is 552 g/mol. The second kappa shape index (κ2) is 10.1. The largest absolute Gasteiger partial charge is 0.478 e. The van der Waals surface area contributed by atoms with Gasteiger partial charge < -0.3 is 20.5 Å². The molecule has 0 aliphatic carbocycles. The number of halogens is 9. The zero-order chi connectivity index (χ0) is 28.6. The number of rotatable bonds is 5. The van der Waals surface area contributed by atoms with Gasteiger partial charge in [-0.15, -0.1) is 0 Å². The highest BCUT2D eigenvalue weighted by Gasteiger charge is 2.37. The van der Waals surface area contributed by atoms with Gasteiger partial charge in [-0.1, -0.05) is 12.1 Å². The number of para-hydroxylation sites is 1. The number of alkyl halides is 6. The number of aromatic carboxylic acids is 1. The molecule has 0 aliphatic heterocycles. The SMILES string of the molecule is Cc1c(F)c(F)c(Oc2ccccc2C(=O)O)c(NC(=O)Nc2cc(C(F)(F)F)cc(C(F)(F)F)c2)c1F. The maximum Gasteiger partial charge on any atom is 0.416 e. The second-order valence-corrected chi connectivity index (χ2v) is 7.55. The van der Waals surface area contributed by atoms with Crippen LogP contribution in [0.2, 0.25) is 0 Å². The number of hydrogen-bond donors (Lipinski definition) is 3. The lowest BCUT2D eigenvalue weighted by Gasteiger charge is -2.18. The van der Waals surface area contributed by atoms with E-state index < -0.39 is 86.9 Å². The topological polar surface area (TPSA) is 87.7 Å². The van der Waals surface area contributed by atoms with Crippen LogP contribution in [0.5, 0.6) is 11.5 Å². The third-order valence-corrected chi connectivity index (χ3v) is 4.91. The number of hydrogen-bond acceptors (Lipinski definition) is 3. The molecule has 0 atom stereocenters. The minimum atomic E-state index is -5.24. The van der Waals surface area contributed by atoms with E-state index in [2.05, 4.69) is 0 Å². The summed E-state index contributed by atoms with van der Waals surface area (Å²) in [6.45, 7) is 0.758. The molecule has 0 bridgehead atoms. The van der Waals surface area contributed by atoms with Crippen molar-refractivity contribution in [1.82, 2.24) is 0 Å². The van der Waals surface area contributed by atoms with E-state index in [1.807, 2.05) is 0 Å². The molecule has 3 aromatic rings. The normalized spacial score (nSPS) is 11.7. The molecule has 38 heavy (non-hydrogen) atoms. The molecule has 0 fully saturated rings. The van der Waals surface area contributed by atoms with Gasteiger partial charge in [-0.25, -0.2) is 18.4 Å². The molecule has 0 radical (unpaired) electrons. The zero-order valence-corrected chi connectivity index (χ0v) is 18.6. The van der Waals surface area contributed by atoms with E-state index >= 15 is 0 Å². The first kappa shape index (κ1) is 28.1. The van der Waals surface area contributed by atoms with Gasteiger partial charge in [-0.2, -0.15) is 30.7 Å². The van der Waals surface area contributed by atoms with Crippen LogP contribution in [0.15, 0.2) is 42.5 Å². The summed E-state index contributed by atoms with van der Waals surface area (Å²) in [6, 6.07) is 2.91. The standard InChI is InChI=1S/C23H13F9N2O4/c1-9-15(24)17(26)19(38-14-5-3-2-4-13(14)20(35)36)18(16(9)25)34-21(37)33-12-7-10(22(27,28)29)6-11(8-12)23(30,31)32/h2-8H,1H3,(H,35,36)(H2,33,34,37). The summed E-state index contributed by atoms with van der Waals surface area (Å²) in [5.41, 5.74) is -7.34. The van der Waals surface area contributed by atoms with E-state index in [1.54, 1.807) is 10.6 Å². The van der Waals surface area contributed by atoms with Crippen molar-refractivity contribution in [3.05, 3.63) is 82.2 Å². The summed E-state index contributed by atoms with van der Waals surface area (Å²) in [6.07, 6.45) is -10.5. The van der Waals surface area contributed by atoms with Gasteiger partial charge in [-0.3, -0.25) is 0 Å². The molecule has 0 unspecified atom stereocenters. The molecule has 2 amide bonds. The lowest BCUT2D eigenvalue weighted by Crippen LogP contribution is -2.22. The monoisotopic (exact) mass is 552 g/mol. The molecule has 6 nitrogen and oxygen atoms in total. The van der Waals surface area contributed by atoms with E-state index in [1.165, 1.54) is 12.1 Å². The van der Waals surface area contributed by atoms with Crippen LogP contribution in [0.4, 0.5) is 55.7 Å². The maximum absolute atomic E-state index is 14.9. The Balaban J connectivity index is 2.04. The summed E-state index contributed by atoms with van der Waals surface area (Å²) >= 11 is 0. The third kappa shape index (κ3) is 5.92. The molecular formula is C23H13F9N2O4. The lowest BCUT2D eigenvalue weighted by molar-refractivity contribution is -0.143. The summed E-state index contributed by atoms with van der Waals surface area (Å²) in [5.74, 6) is -8.82. The summed E-state index contributed by atoms with van der Waals surface area (Å²) < 4.78 is 127.